The normalized spacial score (nSPS) is 19.1. The Hall–Kier alpha value is -3.76. The minimum atomic E-state index is -0.957. The van der Waals surface area contributed by atoms with E-state index >= 15 is 0 Å². The summed E-state index contributed by atoms with van der Waals surface area (Å²) < 4.78 is 10.3. The second kappa shape index (κ2) is 12.4. The lowest BCUT2D eigenvalue weighted by Crippen LogP contribution is -2.71. The number of rotatable bonds is 9. The lowest BCUT2D eigenvalue weighted by atomic mass is 9.98. The quantitative estimate of drug-likeness (QED) is 0.138. The van der Waals surface area contributed by atoms with E-state index in [1.54, 1.807) is 37.7 Å². The maximum atomic E-state index is 13.3. The molecular formula is C25H28N6O7S3. The van der Waals surface area contributed by atoms with Crippen molar-refractivity contribution in [2.75, 3.05) is 25.4 Å². The third-order valence-corrected chi connectivity index (χ3v) is 8.72. The number of β-lactam (4-membered cyclic amide) rings is 1. The molecule has 16 heteroatoms. The van der Waals surface area contributed by atoms with Gasteiger partial charge in [-0.1, -0.05) is 11.2 Å². The summed E-state index contributed by atoms with van der Waals surface area (Å²) >= 11 is 3.92. The van der Waals surface area contributed by atoms with Gasteiger partial charge in [0.2, 0.25) is 6.79 Å². The molecule has 1 saturated heterocycles. The zero-order valence-corrected chi connectivity index (χ0v) is 25.3. The van der Waals surface area contributed by atoms with Gasteiger partial charge < -0.3 is 25.4 Å². The Bertz CT molecular complexity index is 1460. The Labute approximate surface area is 247 Å². The van der Waals surface area contributed by atoms with E-state index in [4.69, 9.17) is 20.0 Å². The number of carbonyl (C=O) groups excluding carboxylic acids is 4. The van der Waals surface area contributed by atoms with Gasteiger partial charge in [0, 0.05) is 16.0 Å². The van der Waals surface area contributed by atoms with Gasteiger partial charge in [-0.25, -0.2) is 14.8 Å². The predicted octanol–water partition coefficient (Wildman–Crippen LogP) is 2.30. The molecule has 0 bridgehead atoms. The van der Waals surface area contributed by atoms with Gasteiger partial charge in [0.1, 0.15) is 29.9 Å². The Balaban J connectivity index is 1.55. The lowest BCUT2D eigenvalue weighted by Gasteiger charge is -2.49. The van der Waals surface area contributed by atoms with Crippen LogP contribution < -0.4 is 11.1 Å². The first-order valence-corrected chi connectivity index (χ1v) is 15.0. The number of hydrogen-bond donors (Lipinski definition) is 2. The number of aromatic nitrogens is 2. The fraction of sp³-hybridized carbons (Fsp3) is 0.400. The van der Waals surface area contributed by atoms with Crippen LogP contribution in [0.3, 0.4) is 0 Å². The van der Waals surface area contributed by atoms with E-state index in [1.165, 1.54) is 35.1 Å². The number of oxime groups is 1. The second-order valence-corrected chi connectivity index (χ2v) is 12.7. The Morgan fingerprint density at radius 2 is 2.00 bits per heavy atom. The largest absolute Gasteiger partial charge is 0.427 e. The number of nitrogens with one attached hydrogen (secondary N) is 1. The molecular weight excluding hydrogens is 593 g/mol. The maximum absolute atomic E-state index is 13.3. The lowest BCUT2D eigenvalue weighted by molar-refractivity contribution is -0.173. The molecule has 2 aliphatic heterocycles. The molecule has 0 spiro atoms. The molecule has 2 atom stereocenters. The van der Waals surface area contributed by atoms with Crippen LogP contribution in [0.15, 0.2) is 33.4 Å². The van der Waals surface area contributed by atoms with Gasteiger partial charge in [0.15, 0.2) is 10.8 Å². The van der Waals surface area contributed by atoms with Crippen LogP contribution in [-0.2, 0) is 33.5 Å². The summed E-state index contributed by atoms with van der Waals surface area (Å²) in [5, 5.41) is 7.59. The van der Waals surface area contributed by atoms with E-state index in [0.717, 1.165) is 21.9 Å². The Morgan fingerprint density at radius 1 is 1.24 bits per heavy atom. The van der Waals surface area contributed by atoms with Crippen molar-refractivity contribution in [1.29, 1.82) is 0 Å². The fourth-order valence-corrected chi connectivity index (χ4v) is 6.29. The average molecular weight is 621 g/mol. The summed E-state index contributed by atoms with van der Waals surface area (Å²) in [6, 6.07) is -0.957. The highest BCUT2D eigenvalue weighted by molar-refractivity contribution is 8.00. The van der Waals surface area contributed by atoms with E-state index in [9.17, 15) is 19.2 Å². The molecule has 2 aromatic heterocycles. The van der Waals surface area contributed by atoms with Crippen molar-refractivity contribution in [3.63, 3.8) is 0 Å². The van der Waals surface area contributed by atoms with Crippen LogP contribution in [0, 0.1) is 12.3 Å². The molecule has 2 aromatic rings. The van der Waals surface area contributed by atoms with Crippen LogP contribution in [-0.4, -0.2) is 75.4 Å². The van der Waals surface area contributed by atoms with E-state index in [-0.39, 0.29) is 22.2 Å². The van der Waals surface area contributed by atoms with Crippen LogP contribution in [0.5, 0.6) is 0 Å². The molecule has 0 aliphatic carbocycles. The molecule has 2 amide bonds. The number of nitrogens with zero attached hydrogens (tertiary/aromatic N) is 4. The van der Waals surface area contributed by atoms with Crippen LogP contribution in [0.2, 0.25) is 0 Å². The number of amides is 2. The summed E-state index contributed by atoms with van der Waals surface area (Å²) in [4.78, 5) is 67.0. The van der Waals surface area contributed by atoms with Crippen LogP contribution in [0.25, 0.3) is 6.08 Å². The van der Waals surface area contributed by atoms with E-state index in [2.05, 4.69) is 20.4 Å². The van der Waals surface area contributed by atoms with Crippen molar-refractivity contribution in [2.24, 2.45) is 10.6 Å². The second-order valence-electron chi connectivity index (χ2n) is 9.80. The molecule has 218 valence electrons. The minimum Gasteiger partial charge on any atom is -0.427 e. The number of fused-ring (bicyclic) bond motifs is 1. The first kappa shape index (κ1) is 30.2. The zero-order chi connectivity index (χ0) is 29.9. The molecule has 2 aliphatic rings. The molecule has 3 N–H and O–H groups in total. The van der Waals surface area contributed by atoms with Gasteiger partial charge in [0.05, 0.1) is 16.6 Å². The van der Waals surface area contributed by atoms with E-state index in [1.807, 2.05) is 13.0 Å². The average Bonchev–Trinajstić information content (AvgIpc) is 3.54. The van der Waals surface area contributed by atoms with Crippen molar-refractivity contribution in [2.45, 2.75) is 39.1 Å². The van der Waals surface area contributed by atoms with Crippen molar-refractivity contribution < 1.29 is 33.5 Å². The van der Waals surface area contributed by atoms with Crippen LogP contribution >= 0.6 is 34.4 Å². The number of aryl methyl sites for hydroxylation is 1. The highest BCUT2D eigenvalue weighted by atomic mass is 32.2. The molecule has 41 heavy (non-hydrogen) atoms. The summed E-state index contributed by atoms with van der Waals surface area (Å²) in [5.74, 6) is -2.26. The summed E-state index contributed by atoms with van der Waals surface area (Å²) in [6.45, 7) is 6.27. The van der Waals surface area contributed by atoms with E-state index in [0.29, 0.717) is 11.3 Å². The van der Waals surface area contributed by atoms with Crippen molar-refractivity contribution in [1.82, 2.24) is 20.2 Å². The third kappa shape index (κ3) is 6.60. The van der Waals surface area contributed by atoms with E-state index < -0.39 is 47.4 Å². The van der Waals surface area contributed by atoms with Gasteiger partial charge in [-0.2, -0.15) is 0 Å². The third-order valence-electron chi connectivity index (χ3n) is 5.85. The number of esters is 2. The summed E-state index contributed by atoms with van der Waals surface area (Å²) in [7, 11) is 1.28. The van der Waals surface area contributed by atoms with Gasteiger partial charge in [-0.05, 0) is 39.3 Å². The fourth-order valence-electron chi connectivity index (χ4n) is 3.73. The van der Waals surface area contributed by atoms with Crippen LogP contribution in [0.1, 0.15) is 37.0 Å². The standard InChI is InChI=1S/C25H28N6O7S3/c1-12-15(41-10-27-12)7-6-13-8-39-21-17(29-19(32)16(30-36-5)14-9-40-24(26)28-14)20(33)31(21)18(13)22(34)37-11-38-23(35)25(2,3)4/h6-7,9-10,17,21H,8,11H2,1-5H3,(H2,26,28)(H,29,32)/b7-6?,30-16-/t17-,21-/m1/s1. The molecule has 0 aromatic carbocycles. The van der Waals surface area contributed by atoms with Gasteiger partial charge in [-0.3, -0.25) is 19.3 Å². The maximum Gasteiger partial charge on any atom is 0.358 e. The molecule has 13 nitrogen and oxygen atoms in total. The van der Waals surface area contributed by atoms with Crippen LogP contribution in [0.4, 0.5) is 5.13 Å². The SMILES string of the molecule is CO/N=C(\C(=O)N[C@@H]1C(=O)N2C(C(=O)OCOC(=O)C(C)(C)C)=C(C=Cc3scnc3C)CS[C@H]12)c1csc(N)n1. The van der Waals surface area contributed by atoms with Crippen molar-refractivity contribution >= 4 is 75.1 Å². The number of thiazole rings is 2. The molecule has 0 radical (unpaired) electrons. The topological polar surface area (TPSA) is 175 Å². The number of nitrogens with two attached hydrogens (primary N) is 1. The highest BCUT2D eigenvalue weighted by Gasteiger charge is 2.54. The Kier molecular flexibility index (Phi) is 9.14. The number of allylic oxidation sites excluding steroid dienone is 1. The van der Waals surface area contributed by atoms with Gasteiger partial charge in [0.25, 0.3) is 11.8 Å². The first-order chi connectivity index (χ1) is 19.4. The zero-order valence-electron chi connectivity index (χ0n) is 22.8. The number of anilines is 1. The molecule has 4 heterocycles. The predicted molar refractivity (Wildman–Crippen MR) is 155 cm³/mol. The van der Waals surface area contributed by atoms with Crippen molar-refractivity contribution in [3.05, 3.63) is 44.5 Å². The highest BCUT2D eigenvalue weighted by Crippen LogP contribution is 2.41. The molecule has 0 saturated carbocycles. The number of carbonyl (C=O) groups is 4. The molecule has 0 unspecified atom stereocenters. The number of ether oxygens (including phenoxy) is 2. The monoisotopic (exact) mass is 620 g/mol. The number of hydrogen-bond acceptors (Lipinski definition) is 14. The molecule has 4 rings (SSSR count). The summed E-state index contributed by atoms with van der Waals surface area (Å²) in [5.41, 5.74) is 8.03. The van der Waals surface area contributed by atoms with Crippen molar-refractivity contribution in [3.8, 4) is 0 Å². The minimum absolute atomic E-state index is 0.00697. The molecule has 1 fully saturated rings. The van der Waals surface area contributed by atoms with Gasteiger partial charge >= 0.3 is 11.9 Å². The Morgan fingerprint density at radius 3 is 2.61 bits per heavy atom. The summed E-state index contributed by atoms with van der Waals surface area (Å²) in [6.07, 6.45) is 3.55. The number of thioether (sulfide) groups is 1. The first-order valence-electron chi connectivity index (χ1n) is 12.2. The number of nitrogen functional groups attached to an aromatic ring is 1. The van der Waals surface area contributed by atoms with Gasteiger partial charge in [-0.15, -0.1) is 34.4 Å². The smallest absolute Gasteiger partial charge is 0.358 e.